The van der Waals surface area contributed by atoms with Gasteiger partial charge in [0.05, 0.1) is 18.4 Å². The van der Waals surface area contributed by atoms with Gasteiger partial charge in [-0.3, -0.25) is 14.0 Å². The molecule has 0 radical (unpaired) electrons. The van der Waals surface area contributed by atoms with Gasteiger partial charge in [-0.2, -0.15) is 4.98 Å². The fourth-order valence-electron chi connectivity index (χ4n) is 5.15. The molecular formula is C26H32N5O5P. The van der Waals surface area contributed by atoms with Crippen LogP contribution in [0.15, 0.2) is 59.6 Å². The number of ether oxygens (including phenoxy) is 1. The first-order valence-corrected chi connectivity index (χ1v) is 14.0. The molecule has 3 N–H and O–H groups in total. The monoisotopic (exact) mass is 525 g/mol. The van der Waals surface area contributed by atoms with Crippen LogP contribution in [-0.2, 0) is 20.2 Å². The van der Waals surface area contributed by atoms with E-state index in [1.165, 1.54) is 6.33 Å². The van der Waals surface area contributed by atoms with Gasteiger partial charge in [0.15, 0.2) is 11.5 Å². The molecule has 0 spiro atoms. The van der Waals surface area contributed by atoms with Crippen LogP contribution < -0.4 is 10.5 Å². The Morgan fingerprint density at radius 2 is 2.05 bits per heavy atom. The smallest absolute Gasteiger partial charge is 0.463 e. The molecule has 37 heavy (non-hydrogen) atoms. The number of phosphoric acid groups is 1. The summed E-state index contributed by atoms with van der Waals surface area (Å²) in [6.07, 6.45) is 15.0. The van der Waals surface area contributed by atoms with E-state index in [0.29, 0.717) is 29.2 Å². The maximum atomic E-state index is 12.4. The number of hydrogen-bond donors (Lipinski definition) is 2. The van der Waals surface area contributed by atoms with Crippen molar-refractivity contribution >= 4 is 25.0 Å². The molecule has 3 aliphatic rings. The SMILES string of the molecule is CC1(C)Oc2ncnc(N)c2N=C1C1=CCC([C@H]2CC[C@H](OP(=O)(O)OCc3cccnc3)CC2)C=C1. The molecule has 1 aliphatic heterocycles. The first kappa shape index (κ1) is 25.7. The Kier molecular flexibility index (Phi) is 7.27. The van der Waals surface area contributed by atoms with Crippen molar-refractivity contribution in [3.05, 3.63) is 60.2 Å². The van der Waals surface area contributed by atoms with Crippen LogP contribution in [0.4, 0.5) is 11.5 Å². The van der Waals surface area contributed by atoms with E-state index in [4.69, 9.17) is 24.5 Å². The highest BCUT2D eigenvalue weighted by atomic mass is 31.2. The van der Waals surface area contributed by atoms with Crippen LogP contribution >= 0.6 is 7.82 Å². The zero-order valence-electron chi connectivity index (χ0n) is 21.0. The van der Waals surface area contributed by atoms with Gasteiger partial charge < -0.3 is 15.4 Å². The molecule has 2 unspecified atom stereocenters. The zero-order valence-corrected chi connectivity index (χ0v) is 21.9. The van der Waals surface area contributed by atoms with Gasteiger partial charge in [0, 0.05) is 12.4 Å². The number of nitrogen functional groups attached to an aromatic ring is 1. The van der Waals surface area contributed by atoms with E-state index < -0.39 is 13.4 Å². The number of allylic oxidation sites excluding steroid dienone is 3. The van der Waals surface area contributed by atoms with Crippen LogP contribution in [0.5, 0.6) is 5.88 Å². The van der Waals surface area contributed by atoms with Gasteiger partial charge >= 0.3 is 7.82 Å². The lowest BCUT2D eigenvalue weighted by atomic mass is 9.75. The predicted octanol–water partition coefficient (Wildman–Crippen LogP) is 5.09. The quantitative estimate of drug-likeness (QED) is 0.473. The number of fused-ring (bicyclic) bond motifs is 1. The van der Waals surface area contributed by atoms with E-state index >= 15 is 0 Å². The third-order valence-electron chi connectivity index (χ3n) is 7.09. The van der Waals surface area contributed by atoms with Crippen LogP contribution in [0.1, 0.15) is 51.5 Å². The van der Waals surface area contributed by atoms with Gasteiger partial charge in [0.1, 0.15) is 11.9 Å². The molecule has 196 valence electrons. The Hall–Kier alpha value is -2.91. The number of nitrogens with zero attached hydrogens (tertiary/aromatic N) is 4. The second-order valence-electron chi connectivity index (χ2n) is 10.1. The highest BCUT2D eigenvalue weighted by Gasteiger charge is 2.37. The summed E-state index contributed by atoms with van der Waals surface area (Å²) in [5.41, 5.74) is 8.36. The Balaban J connectivity index is 1.15. The first-order valence-electron chi connectivity index (χ1n) is 12.5. The number of anilines is 1. The third kappa shape index (κ3) is 5.99. The minimum absolute atomic E-state index is 0.0170. The summed E-state index contributed by atoms with van der Waals surface area (Å²) < 4.78 is 29.2. The third-order valence-corrected chi connectivity index (χ3v) is 8.11. The van der Waals surface area contributed by atoms with Crippen molar-refractivity contribution < 1.29 is 23.2 Å². The minimum atomic E-state index is -4.14. The number of rotatable bonds is 7. The molecule has 3 heterocycles. The molecule has 2 atom stereocenters. The molecule has 0 aromatic carbocycles. The molecule has 2 aromatic rings. The maximum Gasteiger partial charge on any atom is 0.472 e. The van der Waals surface area contributed by atoms with Crippen molar-refractivity contribution in [1.82, 2.24) is 15.0 Å². The van der Waals surface area contributed by atoms with Crippen molar-refractivity contribution in [2.75, 3.05) is 5.73 Å². The molecule has 2 aromatic heterocycles. The van der Waals surface area contributed by atoms with Crippen molar-refractivity contribution in [2.24, 2.45) is 16.8 Å². The lowest BCUT2D eigenvalue weighted by molar-refractivity contribution is 0.0634. The van der Waals surface area contributed by atoms with Gasteiger partial charge in [-0.25, -0.2) is 14.5 Å². The molecule has 11 heteroatoms. The Morgan fingerprint density at radius 3 is 2.76 bits per heavy atom. The summed E-state index contributed by atoms with van der Waals surface area (Å²) in [6.45, 7) is 3.92. The van der Waals surface area contributed by atoms with Gasteiger partial charge in [-0.15, -0.1) is 0 Å². The van der Waals surface area contributed by atoms with E-state index in [2.05, 4.69) is 33.2 Å². The zero-order chi connectivity index (χ0) is 26.0. The standard InChI is InChI=1S/C26H32N5O5P/c1-26(2)23(31-22-24(27)29-16-30-25(22)35-26)20-7-5-18(6-8-20)19-9-11-21(12-10-19)36-37(32,33)34-15-17-4-3-13-28-14-17/h3-5,7-8,13-14,16,18-19,21H,6,9-12,15H2,1-2H3,(H,32,33)(H2,27,29,30)/t18?,19-,21-. The van der Waals surface area contributed by atoms with Crippen LogP contribution in [0.2, 0.25) is 0 Å². The van der Waals surface area contributed by atoms with E-state index in [0.717, 1.165) is 49.0 Å². The lowest BCUT2D eigenvalue weighted by Crippen LogP contribution is -2.41. The van der Waals surface area contributed by atoms with E-state index in [1.807, 2.05) is 13.8 Å². The second kappa shape index (κ2) is 10.5. The van der Waals surface area contributed by atoms with Crippen LogP contribution in [0.3, 0.4) is 0 Å². The number of phosphoric ester groups is 1. The summed E-state index contributed by atoms with van der Waals surface area (Å²) in [7, 11) is -4.14. The van der Waals surface area contributed by atoms with Gasteiger partial charge in [0.25, 0.3) is 0 Å². The second-order valence-corrected chi connectivity index (χ2v) is 11.6. The maximum absolute atomic E-state index is 12.4. The number of aliphatic imine (C=N–C) groups is 1. The average molecular weight is 526 g/mol. The molecule has 1 saturated carbocycles. The molecule has 5 rings (SSSR count). The number of nitrogens with two attached hydrogens (primary N) is 1. The topological polar surface area (TPSA) is 142 Å². The number of pyridine rings is 1. The normalized spacial score (nSPS) is 26.3. The molecule has 2 aliphatic carbocycles. The van der Waals surface area contributed by atoms with Crippen molar-refractivity contribution in [2.45, 2.75) is 64.3 Å². The van der Waals surface area contributed by atoms with Crippen LogP contribution in [0.25, 0.3) is 0 Å². The molecule has 0 bridgehead atoms. The predicted molar refractivity (Wildman–Crippen MR) is 139 cm³/mol. The summed E-state index contributed by atoms with van der Waals surface area (Å²) in [6, 6.07) is 3.54. The number of hydrogen-bond acceptors (Lipinski definition) is 9. The van der Waals surface area contributed by atoms with Crippen molar-refractivity contribution in [3.8, 4) is 5.88 Å². The highest BCUT2D eigenvalue weighted by Crippen LogP contribution is 2.49. The molecule has 0 amide bonds. The Morgan fingerprint density at radius 1 is 1.24 bits per heavy atom. The summed E-state index contributed by atoms with van der Waals surface area (Å²) in [5.74, 6) is 1.56. The van der Waals surface area contributed by atoms with Gasteiger partial charge in [-0.1, -0.05) is 24.3 Å². The van der Waals surface area contributed by atoms with Crippen molar-refractivity contribution in [3.63, 3.8) is 0 Å². The van der Waals surface area contributed by atoms with Gasteiger partial charge in [-0.05, 0) is 75.0 Å². The van der Waals surface area contributed by atoms with E-state index in [9.17, 15) is 9.46 Å². The summed E-state index contributed by atoms with van der Waals surface area (Å²) in [4.78, 5) is 27.1. The lowest BCUT2D eigenvalue weighted by Gasteiger charge is -2.35. The Bertz CT molecular complexity index is 1270. The average Bonchev–Trinajstić information content (AvgIpc) is 2.88. The fourth-order valence-corrected chi connectivity index (χ4v) is 6.11. The molecule has 0 saturated heterocycles. The largest absolute Gasteiger partial charge is 0.472 e. The van der Waals surface area contributed by atoms with Crippen LogP contribution in [-0.4, -0.2) is 37.3 Å². The number of aromatic nitrogens is 3. The highest BCUT2D eigenvalue weighted by molar-refractivity contribution is 7.47. The molecular weight excluding hydrogens is 493 g/mol. The van der Waals surface area contributed by atoms with Gasteiger partial charge in [0.2, 0.25) is 5.88 Å². The fraction of sp³-hybridized carbons (Fsp3) is 0.462. The van der Waals surface area contributed by atoms with E-state index in [1.54, 1.807) is 24.5 Å². The van der Waals surface area contributed by atoms with Crippen molar-refractivity contribution in [1.29, 1.82) is 0 Å². The summed E-state index contributed by atoms with van der Waals surface area (Å²) in [5, 5.41) is 0. The van der Waals surface area contributed by atoms with Crippen LogP contribution in [0, 0.1) is 11.8 Å². The first-order chi connectivity index (χ1) is 17.7. The minimum Gasteiger partial charge on any atom is -0.463 e. The Labute approximate surface area is 216 Å². The molecule has 10 nitrogen and oxygen atoms in total. The van der Waals surface area contributed by atoms with E-state index in [-0.39, 0.29) is 12.7 Å². The molecule has 1 fully saturated rings. The summed E-state index contributed by atoms with van der Waals surface area (Å²) >= 11 is 0.